The fourth-order valence-corrected chi connectivity index (χ4v) is 4.61. The zero-order valence-corrected chi connectivity index (χ0v) is 17.9. The van der Waals surface area contributed by atoms with Crippen LogP contribution in [0.3, 0.4) is 0 Å². The summed E-state index contributed by atoms with van der Waals surface area (Å²) in [4.78, 5) is 30.7. The van der Waals surface area contributed by atoms with Gasteiger partial charge in [-0.25, -0.2) is 0 Å². The molecule has 30 heavy (non-hydrogen) atoms. The quantitative estimate of drug-likeness (QED) is 0.473. The van der Waals surface area contributed by atoms with Crippen molar-refractivity contribution in [2.24, 2.45) is 12.0 Å². The molecular formula is C21H22N4O4S. The summed E-state index contributed by atoms with van der Waals surface area (Å²) >= 11 is 1.43. The minimum atomic E-state index is -0.498. The molecular weight excluding hydrogens is 404 g/mol. The second-order valence-corrected chi connectivity index (χ2v) is 8.33. The molecule has 1 fully saturated rings. The number of carbonyl (C=O) groups excluding carboxylic acids is 1. The van der Waals surface area contributed by atoms with Gasteiger partial charge in [-0.3, -0.25) is 14.9 Å². The SMILES string of the molecule is Cc1cc2sc(=NC(=O)c3ccc(N4CCOCC4)c([N+](=O)[O-])c3)n(C)c2cc1C. The lowest BCUT2D eigenvalue weighted by Gasteiger charge is -2.28. The lowest BCUT2D eigenvalue weighted by atomic mass is 10.1. The first-order chi connectivity index (χ1) is 14.3. The van der Waals surface area contributed by atoms with E-state index in [4.69, 9.17) is 4.74 Å². The number of amides is 1. The first kappa shape index (κ1) is 20.2. The van der Waals surface area contributed by atoms with Gasteiger partial charge in [0, 0.05) is 31.8 Å². The van der Waals surface area contributed by atoms with Gasteiger partial charge in [0.05, 0.1) is 28.4 Å². The van der Waals surface area contributed by atoms with Gasteiger partial charge in [0.25, 0.3) is 11.6 Å². The van der Waals surface area contributed by atoms with Gasteiger partial charge >= 0.3 is 0 Å². The third kappa shape index (κ3) is 3.73. The van der Waals surface area contributed by atoms with E-state index in [-0.39, 0.29) is 11.3 Å². The summed E-state index contributed by atoms with van der Waals surface area (Å²) in [6.45, 7) is 6.29. The van der Waals surface area contributed by atoms with Gasteiger partial charge in [0.15, 0.2) is 4.80 Å². The molecule has 1 aromatic heterocycles. The minimum absolute atomic E-state index is 0.0927. The minimum Gasteiger partial charge on any atom is -0.378 e. The van der Waals surface area contributed by atoms with Gasteiger partial charge in [-0.05, 0) is 49.2 Å². The van der Waals surface area contributed by atoms with E-state index in [0.29, 0.717) is 36.8 Å². The topological polar surface area (TPSA) is 90.0 Å². The van der Waals surface area contributed by atoms with Gasteiger partial charge in [-0.15, -0.1) is 0 Å². The van der Waals surface area contributed by atoms with E-state index in [2.05, 4.69) is 17.1 Å². The fraction of sp³-hybridized carbons (Fsp3) is 0.333. The number of nitrogens with zero attached hydrogens (tertiary/aromatic N) is 4. The average Bonchev–Trinajstić information content (AvgIpc) is 3.03. The van der Waals surface area contributed by atoms with Crippen LogP contribution in [-0.2, 0) is 11.8 Å². The van der Waals surface area contributed by atoms with Crippen LogP contribution in [0.25, 0.3) is 10.2 Å². The molecule has 1 amide bonds. The van der Waals surface area contributed by atoms with Crippen molar-refractivity contribution in [1.29, 1.82) is 0 Å². The van der Waals surface area contributed by atoms with Gasteiger partial charge in [0.2, 0.25) is 0 Å². The summed E-state index contributed by atoms with van der Waals surface area (Å²) in [7, 11) is 1.86. The Morgan fingerprint density at radius 1 is 1.17 bits per heavy atom. The number of thiazole rings is 1. The monoisotopic (exact) mass is 426 g/mol. The Kier molecular flexibility index (Phi) is 5.40. The van der Waals surface area contributed by atoms with Crippen molar-refractivity contribution in [3.63, 3.8) is 0 Å². The van der Waals surface area contributed by atoms with Gasteiger partial charge in [0.1, 0.15) is 5.69 Å². The van der Waals surface area contributed by atoms with E-state index in [1.165, 1.54) is 28.5 Å². The first-order valence-electron chi connectivity index (χ1n) is 9.62. The summed E-state index contributed by atoms with van der Waals surface area (Å²) in [6, 6.07) is 8.71. The molecule has 0 unspecified atom stereocenters. The molecule has 0 N–H and O–H groups in total. The van der Waals surface area contributed by atoms with E-state index < -0.39 is 10.8 Å². The molecule has 1 aliphatic heterocycles. The maximum Gasteiger partial charge on any atom is 0.293 e. The van der Waals surface area contributed by atoms with Crippen LogP contribution in [0.15, 0.2) is 35.3 Å². The standard InChI is InChI=1S/C21H22N4O4S/c1-13-10-18-19(11-14(13)2)30-21(23(18)3)22-20(26)15-4-5-16(17(12-15)25(27)28)24-6-8-29-9-7-24/h4-5,10-12H,6-9H2,1-3H3. The summed E-state index contributed by atoms with van der Waals surface area (Å²) < 4.78 is 8.24. The van der Waals surface area contributed by atoms with Crippen molar-refractivity contribution in [2.75, 3.05) is 31.2 Å². The van der Waals surface area contributed by atoms with Crippen LogP contribution in [-0.4, -0.2) is 41.7 Å². The number of nitro groups is 1. The van der Waals surface area contributed by atoms with E-state index >= 15 is 0 Å². The molecule has 0 atom stereocenters. The smallest absolute Gasteiger partial charge is 0.293 e. The molecule has 0 spiro atoms. The number of fused-ring (bicyclic) bond motifs is 1. The number of aryl methyl sites for hydroxylation is 3. The molecule has 3 aromatic rings. The van der Waals surface area contributed by atoms with Crippen LogP contribution < -0.4 is 9.70 Å². The molecule has 9 heteroatoms. The third-order valence-corrected chi connectivity index (χ3v) is 6.49. The number of aromatic nitrogens is 1. The van der Waals surface area contributed by atoms with Crippen LogP contribution in [0, 0.1) is 24.0 Å². The molecule has 0 radical (unpaired) electrons. The number of ether oxygens (including phenoxy) is 1. The van der Waals surface area contributed by atoms with E-state index in [9.17, 15) is 14.9 Å². The second-order valence-electron chi connectivity index (χ2n) is 7.32. The summed E-state index contributed by atoms with van der Waals surface area (Å²) in [5.74, 6) is -0.498. The Labute approximate surface area is 177 Å². The number of carbonyl (C=O) groups is 1. The predicted molar refractivity (Wildman–Crippen MR) is 116 cm³/mol. The molecule has 156 valence electrons. The molecule has 0 bridgehead atoms. The molecule has 0 saturated carbocycles. The van der Waals surface area contributed by atoms with Gasteiger partial charge in [-0.1, -0.05) is 11.3 Å². The molecule has 1 aliphatic rings. The lowest BCUT2D eigenvalue weighted by Crippen LogP contribution is -2.36. The van der Waals surface area contributed by atoms with E-state index in [0.717, 1.165) is 10.2 Å². The van der Waals surface area contributed by atoms with Crippen molar-refractivity contribution in [3.8, 4) is 0 Å². The Bertz CT molecular complexity index is 1220. The Morgan fingerprint density at radius 3 is 2.57 bits per heavy atom. The molecule has 8 nitrogen and oxygen atoms in total. The third-order valence-electron chi connectivity index (χ3n) is 5.39. The van der Waals surface area contributed by atoms with E-state index in [1.54, 1.807) is 12.1 Å². The van der Waals surface area contributed by atoms with Crippen molar-refractivity contribution >= 4 is 38.8 Å². The highest BCUT2D eigenvalue weighted by atomic mass is 32.1. The number of nitro benzene ring substituents is 1. The van der Waals surface area contributed by atoms with Crippen molar-refractivity contribution in [3.05, 3.63) is 61.9 Å². The zero-order chi connectivity index (χ0) is 21.4. The number of hydrogen-bond donors (Lipinski definition) is 0. The molecule has 4 rings (SSSR count). The number of hydrogen-bond acceptors (Lipinski definition) is 6. The van der Waals surface area contributed by atoms with Gasteiger partial charge < -0.3 is 14.2 Å². The van der Waals surface area contributed by atoms with Crippen LogP contribution in [0.5, 0.6) is 0 Å². The number of benzene rings is 2. The summed E-state index contributed by atoms with van der Waals surface area (Å²) in [5.41, 5.74) is 3.95. The number of rotatable bonds is 3. The van der Waals surface area contributed by atoms with Crippen molar-refractivity contribution in [2.45, 2.75) is 13.8 Å². The van der Waals surface area contributed by atoms with Crippen LogP contribution in [0.2, 0.25) is 0 Å². The Balaban J connectivity index is 1.73. The highest BCUT2D eigenvalue weighted by Gasteiger charge is 2.23. The Morgan fingerprint density at radius 2 is 1.87 bits per heavy atom. The average molecular weight is 426 g/mol. The van der Waals surface area contributed by atoms with Gasteiger partial charge in [-0.2, -0.15) is 4.99 Å². The van der Waals surface area contributed by atoms with Crippen molar-refractivity contribution in [1.82, 2.24) is 4.57 Å². The zero-order valence-electron chi connectivity index (χ0n) is 17.0. The molecule has 1 saturated heterocycles. The highest BCUT2D eigenvalue weighted by Crippen LogP contribution is 2.30. The van der Waals surface area contributed by atoms with Crippen LogP contribution in [0.4, 0.5) is 11.4 Å². The number of morpholine rings is 1. The predicted octanol–water partition coefficient (Wildman–Crippen LogP) is 3.34. The summed E-state index contributed by atoms with van der Waals surface area (Å²) in [5, 5.41) is 11.6. The van der Waals surface area contributed by atoms with Crippen molar-refractivity contribution < 1.29 is 14.5 Å². The largest absolute Gasteiger partial charge is 0.378 e. The lowest BCUT2D eigenvalue weighted by molar-refractivity contribution is -0.384. The second kappa shape index (κ2) is 8.00. The molecule has 2 heterocycles. The van der Waals surface area contributed by atoms with Crippen LogP contribution in [0.1, 0.15) is 21.5 Å². The maximum atomic E-state index is 12.8. The molecule has 0 aliphatic carbocycles. The van der Waals surface area contributed by atoms with Crippen LogP contribution >= 0.6 is 11.3 Å². The maximum absolute atomic E-state index is 12.8. The fourth-order valence-electron chi connectivity index (χ4n) is 3.51. The Hall–Kier alpha value is -3.04. The van der Waals surface area contributed by atoms with E-state index in [1.807, 2.05) is 30.4 Å². The summed E-state index contributed by atoms with van der Waals surface area (Å²) in [6.07, 6.45) is 0. The highest BCUT2D eigenvalue weighted by molar-refractivity contribution is 7.16. The normalized spacial score (nSPS) is 15.0. The number of anilines is 1. The first-order valence-corrected chi connectivity index (χ1v) is 10.4. The molecule has 2 aromatic carbocycles.